The second-order valence-corrected chi connectivity index (χ2v) is 7.74. The molecule has 0 fully saturated rings. The van der Waals surface area contributed by atoms with Crippen LogP contribution in [0.15, 0.2) is 60.7 Å². The van der Waals surface area contributed by atoms with Crippen molar-refractivity contribution in [1.82, 2.24) is 4.90 Å². The number of carbonyl (C=O) groups is 2. The Balaban J connectivity index is 1.82. The molecule has 0 saturated carbocycles. The summed E-state index contributed by atoms with van der Waals surface area (Å²) in [6.07, 6.45) is 0. The summed E-state index contributed by atoms with van der Waals surface area (Å²) in [6.45, 7) is 0.315. The maximum absolute atomic E-state index is 12.9. The Morgan fingerprint density at radius 1 is 0.939 bits per heavy atom. The van der Waals surface area contributed by atoms with Crippen LogP contribution < -0.4 is 19.5 Å². The molecular formula is C25H25ClN2O5. The molecule has 0 aliphatic heterocycles. The molecule has 0 saturated heterocycles. The number of rotatable bonds is 8. The number of halogens is 1. The predicted octanol–water partition coefficient (Wildman–Crippen LogP) is 4.89. The Morgan fingerprint density at radius 2 is 1.58 bits per heavy atom. The molecule has 172 valence electrons. The number of nitrogens with zero attached hydrogens (tertiary/aromatic N) is 1. The quantitative estimate of drug-likeness (QED) is 0.509. The number of benzene rings is 3. The zero-order valence-electron chi connectivity index (χ0n) is 18.8. The van der Waals surface area contributed by atoms with E-state index in [1.54, 1.807) is 38.4 Å². The first-order valence-corrected chi connectivity index (χ1v) is 10.5. The summed E-state index contributed by atoms with van der Waals surface area (Å²) < 4.78 is 16.8. The second kappa shape index (κ2) is 10.7. The summed E-state index contributed by atoms with van der Waals surface area (Å²) in [6, 6.07) is 17.5. The number of methoxy groups -OCH3 is 2. The van der Waals surface area contributed by atoms with Crippen LogP contribution in [-0.2, 0) is 6.61 Å². The smallest absolute Gasteiger partial charge is 0.255 e. The van der Waals surface area contributed by atoms with Gasteiger partial charge in [-0.25, -0.2) is 0 Å². The lowest BCUT2D eigenvalue weighted by Crippen LogP contribution is -2.22. The number of hydrogen-bond donors (Lipinski definition) is 1. The van der Waals surface area contributed by atoms with Crippen molar-refractivity contribution >= 4 is 29.1 Å². The van der Waals surface area contributed by atoms with E-state index >= 15 is 0 Å². The van der Waals surface area contributed by atoms with Crippen LogP contribution in [0.3, 0.4) is 0 Å². The van der Waals surface area contributed by atoms with Crippen molar-refractivity contribution in [2.75, 3.05) is 33.6 Å². The summed E-state index contributed by atoms with van der Waals surface area (Å²) in [5.41, 5.74) is 2.09. The Bertz CT molecular complexity index is 1120. The first kappa shape index (κ1) is 23.9. The molecule has 2 amide bonds. The van der Waals surface area contributed by atoms with Gasteiger partial charge in [-0.3, -0.25) is 9.59 Å². The van der Waals surface area contributed by atoms with E-state index in [9.17, 15) is 9.59 Å². The van der Waals surface area contributed by atoms with Gasteiger partial charge in [0.2, 0.25) is 5.75 Å². The van der Waals surface area contributed by atoms with E-state index in [1.165, 1.54) is 25.2 Å². The van der Waals surface area contributed by atoms with Gasteiger partial charge in [0.05, 0.1) is 24.8 Å². The third-order valence-corrected chi connectivity index (χ3v) is 5.13. The van der Waals surface area contributed by atoms with Crippen LogP contribution in [0.25, 0.3) is 0 Å². The molecule has 3 rings (SSSR count). The summed E-state index contributed by atoms with van der Waals surface area (Å²) >= 11 is 6.24. The Kier molecular flexibility index (Phi) is 7.79. The minimum atomic E-state index is -0.399. The van der Waals surface area contributed by atoms with Gasteiger partial charge in [-0.1, -0.05) is 41.9 Å². The molecular weight excluding hydrogens is 444 g/mol. The van der Waals surface area contributed by atoms with Crippen LogP contribution in [0.4, 0.5) is 5.69 Å². The number of carbonyl (C=O) groups excluding carboxylic acids is 2. The molecule has 0 aromatic heterocycles. The average Bonchev–Trinajstić information content (AvgIpc) is 2.82. The van der Waals surface area contributed by atoms with Crippen LogP contribution in [0.1, 0.15) is 26.3 Å². The first-order chi connectivity index (χ1) is 15.8. The zero-order valence-corrected chi connectivity index (χ0v) is 19.6. The molecule has 0 bridgehead atoms. The number of hydrogen-bond acceptors (Lipinski definition) is 5. The van der Waals surface area contributed by atoms with Gasteiger partial charge in [0.25, 0.3) is 11.8 Å². The van der Waals surface area contributed by atoms with Crippen molar-refractivity contribution in [3.8, 4) is 17.2 Å². The molecule has 3 aromatic rings. The highest BCUT2D eigenvalue weighted by atomic mass is 35.5. The monoisotopic (exact) mass is 468 g/mol. The highest BCUT2D eigenvalue weighted by molar-refractivity contribution is 6.34. The summed E-state index contributed by atoms with van der Waals surface area (Å²) in [5.74, 6) is 0.498. The van der Waals surface area contributed by atoms with Gasteiger partial charge in [0, 0.05) is 25.3 Å². The minimum absolute atomic E-state index is 0.224. The van der Waals surface area contributed by atoms with Crippen molar-refractivity contribution in [1.29, 1.82) is 0 Å². The largest absolute Gasteiger partial charge is 0.493 e. The predicted molar refractivity (Wildman–Crippen MR) is 128 cm³/mol. The summed E-state index contributed by atoms with van der Waals surface area (Å²) in [5, 5.41) is 3.02. The van der Waals surface area contributed by atoms with Crippen molar-refractivity contribution in [2.45, 2.75) is 6.61 Å². The van der Waals surface area contributed by atoms with Gasteiger partial charge < -0.3 is 24.4 Å². The molecule has 7 nitrogen and oxygen atoms in total. The molecule has 0 aliphatic rings. The molecule has 1 N–H and O–H groups in total. The van der Waals surface area contributed by atoms with Crippen molar-refractivity contribution < 1.29 is 23.8 Å². The standard InChI is InChI=1S/C25H25ClN2O5/c1-28(2)25(30)19-11-10-18(14-20(19)26)27-24(29)17-12-21(31-3)23(22(13-17)32-4)33-15-16-8-6-5-7-9-16/h5-14H,15H2,1-4H3,(H,27,29). The van der Waals surface area contributed by atoms with Gasteiger partial charge >= 0.3 is 0 Å². The minimum Gasteiger partial charge on any atom is -0.493 e. The van der Waals surface area contributed by atoms with Crippen LogP contribution >= 0.6 is 11.6 Å². The summed E-state index contributed by atoms with van der Waals surface area (Å²) in [4.78, 5) is 26.5. The Labute approximate surface area is 197 Å². The second-order valence-electron chi connectivity index (χ2n) is 7.33. The highest BCUT2D eigenvalue weighted by Gasteiger charge is 2.19. The van der Waals surface area contributed by atoms with Gasteiger partial charge in [-0.2, -0.15) is 0 Å². The van der Waals surface area contributed by atoms with Gasteiger partial charge in [-0.05, 0) is 35.9 Å². The van der Waals surface area contributed by atoms with Crippen LogP contribution in [0.2, 0.25) is 5.02 Å². The fraction of sp³-hybridized carbons (Fsp3) is 0.200. The third kappa shape index (κ3) is 5.75. The molecule has 8 heteroatoms. The van der Waals surface area contributed by atoms with Crippen molar-refractivity contribution in [3.05, 3.63) is 82.4 Å². The van der Waals surface area contributed by atoms with Gasteiger partial charge in [0.1, 0.15) is 6.61 Å². The lowest BCUT2D eigenvalue weighted by molar-refractivity contribution is 0.0827. The molecule has 0 spiro atoms. The molecule has 0 radical (unpaired) electrons. The maximum atomic E-state index is 12.9. The van der Waals surface area contributed by atoms with Crippen molar-refractivity contribution in [3.63, 3.8) is 0 Å². The number of amides is 2. The molecule has 0 aliphatic carbocycles. The van der Waals surface area contributed by atoms with Crippen LogP contribution in [0.5, 0.6) is 17.2 Å². The van der Waals surface area contributed by atoms with Crippen LogP contribution in [0, 0.1) is 0 Å². The fourth-order valence-electron chi connectivity index (χ4n) is 3.09. The molecule has 0 unspecified atom stereocenters. The normalized spacial score (nSPS) is 10.3. The topological polar surface area (TPSA) is 77.1 Å². The fourth-order valence-corrected chi connectivity index (χ4v) is 3.35. The van der Waals surface area contributed by atoms with E-state index in [0.29, 0.717) is 40.7 Å². The Morgan fingerprint density at radius 3 is 2.12 bits per heavy atom. The van der Waals surface area contributed by atoms with Gasteiger partial charge in [0.15, 0.2) is 11.5 Å². The van der Waals surface area contributed by atoms with Gasteiger partial charge in [-0.15, -0.1) is 0 Å². The van der Waals surface area contributed by atoms with E-state index in [2.05, 4.69) is 5.32 Å². The van der Waals surface area contributed by atoms with E-state index < -0.39 is 5.91 Å². The van der Waals surface area contributed by atoms with Crippen LogP contribution in [-0.4, -0.2) is 45.0 Å². The number of ether oxygens (including phenoxy) is 3. The Hall–Kier alpha value is -3.71. The molecule has 0 atom stereocenters. The number of nitrogens with one attached hydrogen (secondary N) is 1. The highest BCUT2D eigenvalue weighted by Crippen LogP contribution is 2.39. The van der Waals surface area contributed by atoms with E-state index in [4.69, 9.17) is 25.8 Å². The van der Waals surface area contributed by atoms with Crippen molar-refractivity contribution in [2.24, 2.45) is 0 Å². The maximum Gasteiger partial charge on any atom is 0.255 e. The van der Waals surface area contributed by atoms with E-state index in [0.717, 1.165) is 5.56 Å². The SMILES string of the molecule is COc1cc(C(=O)Nc2ccc(C(=O)N(C)C)c(Cl)c2)cc(OC)c1OCc1ccccc1. The average molecular weight is 469 g/mol. The number of anilines is 1. The molecule has 33 heavy (non-hydrogen) atoms. The first-order valence-electron chi connectivity index (χ1n) is 10.1. The lowest BCUT2D eigenvalue weighted by Gasteiger charge is -2.16. The van der Waals surface area contributed by atoms with E-state index in [-0.39, 0.29) is 10.9 Å². The zero-order chi connectivity index (χ0) is 24.0. The molecule has 0 heterocycles. The lowest BCUT2D eigenvalue weighted by atomic mass is 10.1. The summed E-state index contributed by atoms with van der Waals surface area (Å²) in [7, 11) is 6.27. The van der Waals surface area contributed by atoms with E-state index in [1.807, 2.05) is 30.3 Å². The third-order valence-electron chi connectivity index (χ3n) is 4.81. The molecule has 3 aromatic carbocycles.